The minimum absolute atomic E-state index is 0.176. The van der Waals surface area contributed by atoms with Gasteiger partial charge in [-0.2, -0.15) is 0 Å². The van der Waals surface area contributed by atoms with Gasteiger partial charge >= 0.3 is 0 Å². The summed E-state index contributed by atoms with van der Waals surface area (Å²) < 4.78 is 0.972. The predicted octanol–water partition coefficient (Wildman–Crippen LogP) is 2.90. The van der Waals surface area contributed by atoms with Crippen LogP contribution < -0.4 is 5.32 Å². The Bertz CT molecular complexity index is 449. The molecular formula is C11H11BrN2O2S. The molecule has 0 bridgehead atoms. The number of halogens is 1. The quantitative estimate of drug-likeness (QED) is 0.932. The fourth-order valence-electron chi connectivity index (χ4n) is 1.52. The molecule has 17 heavy (non-hydrogen) atoms. The summed E-state index contributed by atoms with van der Waals surface area (Å²) >= 11 is 4.36. The van der Waals surface area contributed by atoms with Gasteiger partial charge in [-0.25, -0.2) is 0 Å². The maximum Gasteiger partial charge on any atom is 0.290 e. The van der Waals surface area contributed by atoms with Crippen LogP contribution in [0.25, 0.3) is 0 Å². The SMILES string of the molecule is CCN1C(=O)S[C@H](Nc2ccc(Br)cc2)C1=O. The fraction of sp³-hybridized carbons (Fsp3) is 0.273. The molecule has 0 saturated carbocycles. The number of carbonyl (C=O) groups excluding carboxylic acids is 2. The molecule has 0 spiro atoms. The first-order valence-corrected chi connectivity index (χ1v) is 6.83. The number of anilines is 1. The molecule has 1 aliphatic heterocycles. The molecule has 4 nitrogen and oxygen atoms in total. The van der Waals surface area contributed by atoms with E-state index in [9.17, 15) is 9.59 Å². The first-order valence-electron chi connectivity index (χ1n) is 5.16. The lowest BCUT2D eigenvalue weighted by Crippen LogP contribution is -2.34. The van der Waals surface area contributed by atoms with E-state index in [2.05, 4.69) is 21.2 Å². The molecule has 1 aromatic carbocycles. The van der Waals surface area contributed by atoms with Crippen molar-refractivity contribution < 1.29 is 9.59 Å². The Balaban J connectivity index is 2.08. The maximum absolute atomic E-state index is 11.8. The third-order valence-electron chi connectivity index (χ3n) is 2.39. The number of hydrogen-bond acceptors (Lipinski definition) is 4. The van der Waals surface area contributed by atoms with Crippen molar-refractivity contribution in [3.63, 3.8) is 0 Å². The third kappa shape index (κ3) is 2.63. The first-order chi connectivity index (χ1) is 8.11. The maximum atomic E-state index is 11.8. The first kappa shape index (κ1) is 12.4. The summed E-state index contributed by atoms with van der Waals surface area (Å²) in [5.41, 5.74) is 0.824. The highest BCUT2D eigenvalue weighted by molar-refractivity contribution is 9.10. The summed E-state index contributed by atoms with van der Waals surface area (Å²) in [4.78, 5) is 24.6. The van der Waals surface area contributed by atoms with E-state index in [1.165, 1.54) is 4.90 Å². The van der Waals surface area contributed by atoms with E-state index < -0.39 is 5.37 Å². The molecule has 1 atom stereocenters. The van der Waals surface area contributed by atoms with Crippen LogP contribution in [0, 0.1) is 0 Å². The van der Waals surface area contributed by atoms with Crippen LogP contribution in [0.4, 0.5) is 10.5 Å². The Morgan fingerprint density at radius 3 is 2.53 bits per heavy atom. The van der Waals surface area contributed by atoms with Crippen LogP contribution in [0.2, 0.25) is 0 Å². The highest BCUT2D eigenvalue weighted by atomic mass is 79.9. The van der Waals surface area contributed by atoms with Crippen molar-refractivity contribution in [1.82, 2.24) is 4.90 Å². The lowest BCUT2D eigenvalue weighted by atomic mass is 10.3. The molecule has 2 amide bonds. The van der Waals surface area contributed by atoms with Crippen LogP contribution in [0.3, 0.4) is 0 Å². The lowest BCUT2D eigenvalue weighted by molar-refractivity contribution is -0.126. The lowest BCUT2D eigenvalue weighted by Gasteiger charge is -2.12. The van der Waals surface area contributed by atoms with Gasteiger partial charge in [-0.05, 0) is 43.0 Å². The average Bonchev–Trinajstić information content (AvgIpc) is 2.57. The highest BCUT2D eigenvalue weighted by Gasteiger charge is 2.38. The molecule has 1 fully saturated rings. The van der Waals surface area contributed by atoms with Gasteiger partial charge in [-0.1, -0.05) is 15.9 Å². The van der Waals surface area contributed by atoms with E-state index >= 15 is 0 Å². The Kier molecular flexibility index (Phi) is 3.73. The van der Waals surface area contributed by atoms with Gasteiger partial charge in [-0.3, -0.25) is 14.5 Å². The van der Waals surface area contributed by atoms with E-state index in [0.717, 1.165) is 21.9 Å². The van der Waals surface area contributed by atoms with Gasteiger partial charge < -0.3 is 5.32 Å². The van der Waals surface area contributed by atoms with Gasteiger partial charge in [0.05, 0.1) is 0 Å². The average molecular weight is 315 g/mol. The Hall–Kier alpha value is -1.01. The number of rotatable bonds is 3. The summed E-state index contributed by atoms with van der Waals surface area (Å²) in [5.74, 6) is -0.176. The number of amides is 2. The molecule has 1 aromatic rings. The monoisotopic (exact) mass is 314 g/mol. The van der Waals surface area contributed by atoms with Crippen LogP contribution in [0.1, 0.15) is 6.92 Å². The zero-order chi connectivity index (χ0) is 12.4. The Morgan fingerprint density at radius 1 is 1.35 bits per heavy atom. The van der Waals surface area contributed by atoms with E-state index in [0.29, 0.717) is 6.54 Å². The van der Waals surface area contributed by atoms with Crippen LogP contribution >= 0.6 is 27.7 Å². The molecule has 0 aromatic heterocycles. The molecule has 1 saturated heterocycles. The van der Waals surface area contributed by atoms with Crippen molar-refractivity contribution in [2.24, 2.45) is 0 Å². The normalized spacial score (nSPS) is 19.9. The molecule has 1 N–H and O–H groups in total. The molecule has 0 aliphatic carbocycles. The largest absolute Gasteiger partial charge is 0.365 e. The minimum atomic E-state index is -0.511. The number of nitrogens with one attached hydrogen (secondary N) is 1. The molecule has 2 rings (SSSR count). The van der Waals surface area contributed by atoms with Crippen molar-refractivity contribution in [3.05, 3.63) is 28.7 Å². The highest BCUT2D eigenvalue weighted by Crippen LogP contribution is 2.28. The molecule has 6 heteroatoms. The van der Waals surface area contributed by atoms with Crippen LogP contribution in [0.5, 0.6) is 0 Å². The molecule has 1 aliphatic rings. The number of benzene rings is 1. The van der Waals surface area contributed by atoms with Gasteiger partial charge in [0.1, 0.15) is 0 Å². The van der Waals surface area contributed by atoms with E-state index in [4.69, 9.17) is 0 Å². The van der Waals surface area contributed by atoms with E-state index in [1.807, 2.05) is 24.3 Å². The minimum Gasteiger partial charge on any atom is -0.365 e. The van der Waals surface area contributed by atoms with Gasteiger partial charge in [0, 0.05) is 16.7 Å². The summed E-state index contributed by atoms with van der Waals surface area (Å²) in [7, 11) is 0. The number of imide groups is 1. The second-order valence-electron chi connectivity index (χ2n) is 3.50. The topological polar surface area (TPSA) is 49.4 Å². The summed E-state index contributed by atoms with van der Waals surface area (Å²) in [6.45, 7) is 2.21. The van der Waals surface area contributed by atoms with Gasteiger partial charge in [0.2, 0.25) is 0 Å². The van der Waals surface area contributed by atoms with Crippen molar-refractivity contribution >= 4 is 44.5 Å². The zero-order valence-electron chi connectivity index (χ0n) is 9.14. The summed E-state index contributed by atoms with van der Waals surface area (Å²) in [6, 6.07) is 7.48. The summed E-state index contributed by atoms with van der Waals surface area (Å²) in [6.07, 6.45) is 0. The number of carbonyl (C=O) groups is 2. The van der Waals surface area contributed by atoms with Crippen molar-refractivity contribution in [3.8, 4) is 0 Å². The van der Waals surface area contributed by atoms with E-state index in [-0.39, 0.29) is 11.1 Å². The second kappa shape index (κ2) is 5.10. The van der Waals surface area contributed by atoms with Gasteiger partial charge in [0.15, 0.2) is 5.37 Å². The second-order valence-corrected chi connectivity index (χ2v) is 5.47. The van der Waals surface area contributed by atoms with Crippen LogP contribution in [0.15, 0.2) is 28.7 Å². The predicted molar refractivity (Wildman–Crippen MR) is 71.9 cm³/mol. The van der Waals surface area contributed by atoms with Crippen molar-refractivity contribution in [2.45, 2.75) is 12.3 Å². The molecular weight excluding hydrogens is 304 g/mol. The Morgan fingerprint density at radius 2 is 2.00 bits per heavy atom. The number of likely N-dealkylation sites (N-methyl/N-ethyl adjacent to an activating group) is 1. The van der Waals surface area contributed by atoms with Crippen molar-refractivity contribution in [1.29, 1.82) is 0 Å². The third-order valence-corrected chi connectivity index (χ3v) is 3.89. The molecule has 1 heterocycles. The molecule has 0 unspecified atom stereocenters. The number of nitrogens with zero attached hydrogens (tertiary/aromatic N) is 1. The molecule has 0 radical (unpaired) electrons. The standard InChI is InChI=1S/C11H11BrN2O2S/c1-2-14-10(15)9(17-11(14)16)13-8-5-3-7(12)4-6-8/h3-6,9,13H,2H2,1H3/t9-/m0/s1. The Labute approximate surface area is 112 Å². The summed E-state index contributed by atoms with van der Waals surface area (Å²) in [5, 5.41) is 2.34. The number of hydrogen-bond donors (Lipinski definition) is 1. The fourth-order valence-corrected chi connectivity index (χ4v) is 2.76. The zero-order valence-corrected chi connectivity index (χ0v) is 11.5. The smallest absolute Gasteiger partial charge is 0.290 e. The van der Waals surface area contributed by atoms with Crippen LogP contribution in [-0.2, 0) is 4.79 Å². The number of thioether (sulfide) groups is 1. The van der Waals surface area contributed by atoms with Crippen molar-refractivity contribution in [2.75, 3.05) is 11.9 Å². The van der Waals surface area contributed by atoms with E-state index in [1.54, 1.807) is 6.92 Å². The molecule has 90 valence electrons. The van der Waals surface area contributed by atoms with Crippen LogP contribution in [-0.4, -0.2) is 28.0 Å². The van der Waals surface area contributed by atoms with Gasteiger partial charge in [0.25, 0.3) is 11.1 Å². The van der Waals surface area contributed by atoms with Gasteiger partial charge in [-0.15, -0.1) is 0 Å².